The zero-order valence-corrected chi connectivity index (χ0v) is 12.3. The van der Waals surface area contributed by atoms with Gasteiger partial charge in [0.05, 0.1) is 5.56 Å². The monoisotopic (exact) mass is 313 g/mol. The number of hydrogen-bond acceptors (Lipinski definition) is 2. The number of carbonyl (C=O) groups excluding carboxylic acids is 1. The summed E-state index contributed by atoms with van der Waals surface area (Å²) in [5, 5.41) is 0. The first kappa shape index (κ1) is 13.0. The van der Waals surface area contributed by atoms with Crippen molar-refractivity contribution in [3.63, 3.8) is 0 Å². The molecule has 1 aromatic carbocycles. The smallest absolute Gasteiger partial charge is 0.255 e. The van der Waals surface area contributed by atoms with Crippen molar-refractivity contribution in [2.45, 2.75) is 13.3 Å². The van der Waals surface area contributed by atoms with Crippen molar-refractivity contribution in [3.05, 3.63) is 33.8 Å². The maximum atomic E-state index is 12.4. The Balaban J connectivity index is 2.17. The average molecular weight is 314 g/mol. The van der Waals surface area contributed by atoms with Crippen LogP contribution in [0, 0.1) is 6.92 Å². The number of halogens is 1. The molecule has 0 aromatic heterocycles. The standard InChI is InChI=1S/C13H16BrNOS/c1-10-3-4-11(12(14)9-10)13(16)15-5-2-7-17-8-6-15/h3-4,9H,2,5-8H2,1H3. The van der Waals surface area contributed by atoms with Crippen molar-refractivity contribution < 1.29 is 4.79 Å². The summed E-state index contributed by atoms with van der Waals surface area (Å²) < 4.78 is 0.902. The number of carbonyl (C=O) groups is 1. The number of nitrogens with zero attached hydrogens (tertiary/aromatic N) is 1. The lowest BCUT2D eigenvalue weighted by Crippen LogP contribution is -2.33. The molecule has 4 heteroatoms. The third kappa shape index (κ3) is 3.26. The molecule has 0 N–H and O–H groups in total. The van der Waals surface area contributed by atoms with Crippen molar-refractivity contribution >= 4 is 33.6 Å². The van der Waals surface area contributed by atoms with E-state index in [0.717, 1.165) is 35.3 Å². The first-order valence-electron chi connectivity index (χ1n) is 5.81. The zero-order valence-electron chi connectivity index (χ0n) is 9.91. The van der Waals surface area contributed by atoms with Gasteiger partial charge in [0, 0.05) is 23.3 Å². The third-order valence-electron chi connectivity index (χ3n) is 2.86. The van der Waals surface area contributed by atoms with Crippen LogP contribution in [0.3, 0.4) is 0 Å². The van der Waals surface area contributed by atoms with E-state index in [0.29, 0.717) is 0 Å². The number of rotatable bonds is 1. The van der Waals surface area contributed by atoms with E-state index in [1.54, 1.807) is 0 Å². The van der Waals surface area contributed by atoms with Gasteiger partial charge in [0.15, 0.2) is 0 Å². The van der Waals surface area contributed by atoms with Gasteiger partial charge in [-0.2, -0.15) is 11.8 Å². The number of amides is 1. The molecule has 1 amide bonds. The summed E-state index contributed by atoms with van der Waals surface area (Å²) in [6.45, 7) is 3.78. The van der Waals surface area contributed by atoms with Crippen LogP contribution in [0.2, 0.25) is 0 Å². The van der Waals surface area contributed by atoms with Crippen molar-refractivity contribution in [3.8, 4) is 0 Å². The van der Waals surface area contributed by atoms with Gasteiger partial charge in [0.2, 0.25) is 0 Å². The summed E-state index contributed by atoms with van der Waals surface area (Å²) in [6.07, 6.45) is 1.10. The molecule has 2 nitrogen and oxygen atoms in total. The van der Waals surface area contributed by atoms with Gasteiger partial charge >= 0.3 is 0 Å². The molecule has 92 valence electrons. The minimum absolute atomic E-state index is 0.152. The normalized spacial score (nSPS) is 16.7. The van der Waals surface area contributed by atoms with Gasteiger partial charge < -0.3 is 4.90 Å². The minimum Gasteiger partial charge on any atom is -0.338 e. The molecule has 1 aliphatic rings. The third-order valence-corrected chi connectivity index (χ3v) is 4.57. The molecule has 0 spiro atoms. The summed E-state index contributed by atoms with van der Waals surface area (Å²) in [5.74, 6) is 2.37. The van der Waals surface area contributed by atoms with Crippen LogP contribution in [0.15, 0.2) is 22.7 Å². The molecule has 2 rings (SSSR count). The maximum absolute atomic E-state index is 12.4. The number of thioether (sulfide) groups is 1. The molecule has 0 bridgehead atoms. The zero-order chi connectivity index (χ0) is 12.3. The Morgan fingerprint density at radius 3 is 2.94 bits per heavy atom. The van der Waals surface area contributed by atoms with E-state index in [1.807, 2.05) is 41.8 Å². The highest BCUT2D eigenvalue weighted by Crippen LogP contribution is 2.21. The van der Waals surface area contributed by atoms with Gasteiger partial charge in [0.25, 0.3) is 5.91 Å². The molecule has 1 saturated heterocycles. The van der Waals surface area contributed by atoms with Crippen LogP contribution < -0.4 is 0 Å². The molecular formula is C13H16BrNOS. The van der Waals surface area contributed by atoms with E-state index in [-0.39, 0.29) is 5.91 Å². The van der Waals surface area contributed by atoms with Crippen molar-refractivity contribution in [1.29, 1.82) is 0 Å². The Hall–Kier alpha value is -0.480. The highest BCUT2D eigenvalue weighted by molar-refractivity contribution is 9.10. The van der Waals surface area contributed by atoms with Gasteiger partial charge in [-0.3, -0.25) is 4.79 Å². The topological polar surface area (TPSA) is 20.3 Å². The van der Waals surface area contributed by atoms with E-state index in [4.69, 9.17) is 0 Å². The summed E-state index contributed by atoms with van der Waals surface area (Å²) in [5.41, 5.74) is 1.95. The van der Waals surface area contributed by atoms with Crippen LogP contribution in [0.4, 0.5) is 0 Å². The quantitative estimate of drug-likeness (QED) is 0.792. The van der Waals surface area contributed by atoms with Crippen LogP contribution in [0.1, 0.15) is 22.3 Å². The van der Waals surface area contributed by atoms with Crippen LogP contribution >= 0.6 is 27.7 Å². The second kappa shape index (κ2) is 5.91. The lowest BCUT2D eigenvalue weighted by Gasteiger charge is -2.20. The molecule has 0 saturated carbocycles. The molecule has 0 aliphatic carbocycles. The maximum Gasteiger partial charge on any atom is 0.255 e. The lowest BCUT2D eigenvalue weighted by atomic mass is 10.1. The highest BCUT2D eigenvalue weighted by atomic mass is 79.9. The summed E-state index contributed by atoms with van der Waals surface area (Å²) in [4.78, 5) is 14.3. The predicted molar refractivity (Wildman–Crippen MR) is 76.7 cm³/mol. The van der Waals surface area contributed by atoms with Crippen molar-refractivity contribution in [2.75, 3.05) is 24.6 Å². The number of hydrogen-bond donors (Lipinski definition) is 0. The first-order chi connectivity index (χ1) is 8.18. The summed E-state index contributed by atoms with van der Waals surface area (Å²) in [6, 6.07) is 5.91. The first-order valence-corrected chi connectivity index (χ1v) is 7.76. The molecule has 1 aromatic rings. The molecule has 0 radical (unpaired) electrons. The molecule has 0 unspecified atom stereocenters. The fourth-order valence-corrected chi connectivity index (χ4v) is 3.46. The SMILES string of the molecule is Cc1ccc(C(=O)N2CCCSCC2)c(Br)c1. The van der Waals surface area contributed by atoms with Gasteiger partial charge in [-0.25, -0.2) is 0 Å². The summed E-state index contributed by atoms with van der Waals surface area (Å²) >= 11 is 5.41. The van der Waals surface area contributed by atoms with Crippen LogP contribution in [-0.4, -0.2) is 35.4 Å². The molecular weight excluding hydrogens is 298 g/mol. The van der Waals surface area contributed by atoms with Gasteiger partial charge in [-0.1, -0.05) is 6.07 Å². The summed E-state index contributed by atoms with van der Waals surface area (Å²) in [7, 11) is 0. The Bertz CT molecular complexity index is 414. The predicted octanol–water partition coefficient (Wildman–Crippen LogP) is 3.34. The van der Waals surface area contributed by atoms with Gasteiger partial charge in [0.1, 0.15) is 0 Å². The van der Waals surface area contributed by atoms with E-state index in [2.05, 4.69) is 15.9 Å². The fourth-order valence-electron chi connectivity index (χ4n) is 1.91. The molecule has 17 heavy (non-hydrogen) atoms. The van der Waals surface area contributed by atoms with Crippen LogP contribution in [0.25, 0.3) is 0 Å². The molecule has 0 atom stereocenters. The van der Waals surface area contributed by atoms with E-state index in [1.165, 1.54) is 11.3 Å². The number of benzene rings is 1. The van der Waals surface area contributed by atoms with Gasteiger partial charge in [-0.05, 0) is 52.7 Å². The van der Waals surface area contributed by atoms with E-state index >= 15 is 0 Å². The van der Waals surface area contributed by atoms with Crippen molar-refractivity contribution in [1.82, 2.24) is 4.90 Å². The van der Waals surface area contributed by atoms with Crippen LogP contribution in [-0.2, 0) is 0 Å². The van der Waals surface area contributed by atoms with E-state index < -0.39 is 0 Å². The second-order valence-electron chi connectivity index (χ2n) is 4.24. The minimum atomic E-state index is 0.152. The molecule has 1 aliphatic heterocycles. The Morgan fingerprint density at radius 2 is 2.18 bits per heavy atom. The van der Waals surface area contributed by atoms with E-state index in [9.17, 15) is 4.79 Å². The largest absolute Gasteiger partial charge is 0.338 e. The van der Waals surface area contributed by atoms with Crippen molar-refractivity contribution in [2.24, 2.45) is 0 Å². The number of aryl methyl sites for hydroxylation is 1. The fraction of sp³-hybridized carbons (Fsp3) is 0.462. The molecule has 1 fully saturated rings. The Morgan fingerprint density at radius 1 is 1.35 bits per heavy atom. The lowest BCUT2D eigenvalue weighted by molar-refractivity contribution is 0.0767. The molecule has 1 heterocycles. The van der Waals surface area contributed by atoms with Gasteiger partial charge in [-0.15, -0.1) is 0 Å². The Labute approximate surface area is 115 Å². The highest BCUT2D eigenvalue weighted by Gasteiger charge is 2.19. The Kier molecular flexibility index (Phi) is 4.51. The second-order valence-corrected chi connectivity index (χ2v) is 6.32. The van der Waals surface area contributed by atoms with Crippen LogP contribution in [0.5, 0.6) is 0 Å². The average Bonchev–Trinajstić information content (AvgIpc) is 2.56.